The topological polar surface area (TPSA) is 106 Å². The molecule has 1 aromatic carbocycles. The first kappa shape index (κ1) is 12.2. The first-order valence-corrected chi connectivity index (χ1v) is 4.84. The molecule has 1 rings (SSSR count). The number of ketones is 1. The third kappa shape index (κ3) is 2.20. The van der Waals surface area contributed by atoms with E-state index in [4.69, 9.17) is 16.6 Å². The lowest BCUT2D eigenvalue weighted by molar-refractivity contribution is 0.0695. The van der Waals surface area contributed by atoms with E-state index in [0.717, 1.165) is 0 Å². The molecule has 0 atom stereocenters. The van der Waals surface area contributed by atoms with E-state index in [1.807, 2.05) is 0 Å². The molecule has 1 aromatic rings. The van der Waals surface area contributed by atoms with Gasteiger partial charge in [0.05, 0.1) is 5.56 Å². The molecule has 5 nitrogen and oxygen atoms in total. The summed E-state index contributed by atoms with van der Waals surface area (Å²) in [6, 6.07) is 2.82. The summed E-state index contributed by atoms with van der Waals surface area (Å²) in [4.78, 5) is 22.4. The number of benzene rings is 1. The summed E-state index contributed by atoms with van der Waals surface area (Å²) < 4.78 is 0. The van der Waals surface area contributed by atoms with Crippen LogP contribution in [0.4, 0.5) is 5.69 Å². The highest BCUT2D eigenvalue weighted by molar-refractivity contribution is 6.03. The summed E-state index contributed by atoms with van der Waals surface area (Å²) in [6.45, 7) is 1.83. The van der Waals surface area contributed by atoms with Crippen molar-refractivity contribution in [2.24, 2.45) is 5.73 Å². The van der Waals surface area contributed by atoms with Crippen molar-refractivity contribution in [3.63, 3.8) is 0 Å². The maximum Gasteiger partial charge on any atom is 0.336 e. The highest BCUT2D eigenvalue weighted by Gasteiger charge is 2.15. The van der Waals surface area contributed by atoms with Crippen LogP contribution >= 0.6 is 0 Å². The maximum atomic E-state index is 11.6. The molecule has 0 aliphatic carbocycles. The lowest BCUT2D eigenvalue weighted by Crippen LogP contribution is -2.12. The number of anilines is 1. The molecule has 0 fully saturated rings. The molecule has 86 valence electrons. The lowest BCUT2D eigenvalue weighted by Gasteiger charge is -2.09. The summed E-state index contributed by atoms with van der Waals surface area (Å²) in [6.07, 6.45) is 0.204. The van der Waals surface area contributed by atoms with E-state index in [1.54, 1.807) is 6.92 Å². The second-order valence-electron chi connectivity index (χ2n) is 3.47. The van der Waals surface area contributed by atoms with Gasteiger partial charge in [-0.1, -0.05) is 0 Å². The molecule has 0 aliphatic heterocycles. The molecule has 5 N–H and O–H groups in total. The average molecular weight is 222 g/mol. The number of hydrogen-bond acceptors (Lipinski definition) is 4. The normalized spacial score (nSPS) is 10.1. The van der Waals surface area contributed by atoms with Crippen LogP contribution in [0.1, 0.15) is 32.7 Å². The van der Waals surface area contributed by atoms with E-state index >= 15 is 0 Å². The largest absolute Gasteiger partial charge is 0.478 e. The zero-order valence-electron chi connectivity index (χ0n) is 8.99. The Morgan fingerprint density at radius 1 is 1.31 bits per heavy atom. The molecule has 5 heteroatoms. The molecule has 0 saturated heterocycles. The van der Waals surface area contributed by atoms with Gasteiger partial charge >= 0.3 is 5.97 Å². The van der Waals surface area contributed by atoms with Gasteiger partial charge in [0.15, 0.2) is 5.78 Å². The van der Waals surface area contributed by atoms with Crippen LogP contribution in [0.15, 0.2) is 12.1 Å². The van der Waals surface area contributed by atoms with Crippen molar-refractivity contribution in [3.05, 3.63) is 28.8 Å². The monoisotopic (exact) mass is 222 g/mol. The second kappa shape index (κ2) is 4.76. The molecule has 0 bridgehead atoms. The van der Waals surface area contributed by atoms with Crippen LogP contribution in [0.3, 0.4) is 0 Å². The van der Waals surface area contributed by atoms with Crippen molar-refractivity contribution in [3.8, 4) is 0 Å². The predicted molar refractivity (Wildman–Crippen MR) is 60.6 cm³/mol. The quantitative estimate of drug-likeness (QED) is 0.516. The molecule has 0 spiro atoms. The molecule has 0 aromatic heterocycles. The molecular weight excluding hydrogens is 208 g/mol. The van der Waals surface area contributed by atoms with Crippen LogP contribution in [-0.4, -0.2) is 23.4 Å². The zero-order chi connectivity index (χ0) is 12.3. The molecule has 0 saturated carbocycles. The fourth-order valence-electron chi connectivity index (χ4n) is 1.47. The number of nitrogen functional groups attached to an aromatic ring is 1. The second-order valence-corrected chi connectivity index (χ2v) is 3.47. The summed E-state index contributed by atoms with van der Waals surface area (Å²) in [5.74, 6) is -1.22. The van der Waals surface area contributed by atoms with Crippen LogP contribution < -0.4 is 11.5 Å². The highest BCUT2D eigenvalue weighted by Crippen LogP contribution is 2.22. The molecule has 16 heavy (non-hydrogen) atoms. The van der Waals surface area contributed by atoms with Gasteiger partial charge in [0.2, 0.25) is 0 Å². The van der Waals surface area contributed by atoms with E-state index in [-0.39, 0.29) is 30.0 Å². The highest BCUT2D eigenvalue weighted by atomic mass is 16.4. The lowest BCUT2D eigenvalue weighted by atomic mass is 9.98. The minimum atomic E-state index is -1.05. The number of Topliss-reactive ketones (excluding diaryl/α,β-unsaturated/α-hetero) is 1. The molecule has 0 unspecified atom stereocenters. The summed E-state index contributed by atoms with van der Waals surface area (Å²) in [7, 11) is 0. The van der Waals surface area contributed by atoms with Crippen LogP contribution in [-0.2, 0) is 0 Å². The fourth-order valence-corrected chi connectivity index (χ4v) is 1.47. The van der Waals surface area contributed by atoms with Gasteiger partial charge in [0.1, 0.15) is 0 Å². The summed E-state index contributed by atoms with van der Waals surface area (Å²) in [5, 5.41) is 8.86. The molecule has 0 aliphatic rings. The van der Waals surface area contributed by atoms with Crippen LogP contribution in [0.2, 0.25) is 0 Å². The van der Waals surface area contributed by atoms with Gasteiger partial charge in [-0.15, -0.1) is 0 Å². The van der Waals surface area contributed by atoms with Gasteiger partial charge in [-0.2, -0.15) is 0 Å². The van der Waals surface area contributed by atoms with E-state index in [0.29, 0.717) is 11.1 Å². The van der Waals surface area contributed by atoms with Gasteiger partial charge in [-0.25, -0.2) is 4.79 Å². The van der Waals surface area contributed by atoms with Crippen molar-refractivity contribution < 1.29 is 14.7 Å². The van der Waals surface area contributed by atoms with E-state index in [1.165, 1.54) is 12.1 Å². The number of carbonyl (C=O) groups is 2. The van der Waals surface area contributed by atoms with Gasteiger partial charge in [-0.3, -0.25) is 4.79 Å². The van der Waals surface area contributed by atoms with Crippen LogP contribution in [0, 0.1) is 6.92 Å². The van der Waals surface area contributed by atoms with Crippen LogP contribution in [0.25, 0.3) is 0 Å². The van der Waals surface area contributed by atoms with Crippen molar-refractivity contribution in [1.29, 1.82) is 0 Å². The Balaban J connectivity index is 3.21. The third-order valence-electron chi connectivity index (χ3n) is 2.42. The standard InChI is InChI=1S/C11H14N2O3/c1-6-7(11(15)16)2-3-8(10(6)13)9(14)4-5-12/h2-3H,4-5,12-13H2,1H3,(H,15,16). The number of carboxylic acids is 1. The Hall–Kier alpha value is -1.88. The maximum absolute atomic E-state index is 11.6. The average Bonchev–Trinajstić information content (AvgIpc) is 2.21. The van der Waals surface area contributed by atoms with Crippen molar-refractivity contribution in [2.45, 2.75) is 13.3 Å². The smallest absolute Gasteiger partial charge is 0.336 e. The first-order chi connectivity index (χ1) is 7.49. The summed E-state index contributed by atoms with van der Waals surface area (Å²) in [5.41, 5.74) is 12.1. The number of rotatable bonds is 4. The Morgan fingerprint density at radius 2 is 1.88 bits per heavy atom. The fraction of sp³-hybridized carbons (Fsp3) is 0.273. The van der Waals surface area contributed by atoms with E-state index < -0.39 is 5.97 Å². The first-order valence-electron chi connectivity index (χ1n) is 4.84. The Kier molecular flexibility index (Phi) is 3.63. The number of aromatic carboxylic acids is 1. The van der Waals surface area contributed by atoms with Crippen molar-refractivity contribution in [2.75, 3.05) is 12.3 Å². The minimum Gasteiger partial charge on any atom is -0.478 e. The molecular formula is C11H14N2O3. The number of hydrogen-bond donors (Lipinski definition) is 3. The predicted octanol–water partition coefficient (Wildman–Crippen LogP) is 0.807. The summed E-state index contributed by atoms with van der Waals surface area (Å²) >= 11 is 0. The molecule has 0 heterocycles. The van der Waals surface area contributed by atoms with E-state index in [2.05, 4.69) is 0 Å². The Bertz CT molecular complexity index is 441. The minimum absolute atomic E-state index is 0.113. The number of carboxylic acid groups (broad SMARTS) is 1. The zero-order valence-corrected chi connectivity index (χ0v) is 8.99. The third-order valence-corrected chi connectivity index (χ3v) is 2.42. The van der Waals surface area contributed by atoms with Gasteiger partial charge in [-0.05, 0) is 31.2 Å². The van der Waals surface area contributed by atoms with Crippen molar-refractivity contribution in [1.82, 2.24) is 0 Å². The van der Waals surface area contributed by atoms with Gasteiger partial charge < -0.3 is 16.6 Å². The van der Waals surface area contributed by atoms with E-state index in [9.17, 15) is 9.59 Å². The van der Waals surface area contributed by atoms with Crippen LogP contribution in [0.5, 0.6) is 0 Å². The van der Waals surface area contributed by atoms with Gasteiger partial charge in [0.25, 0.3) is 0 Å². The SMILES string of the molecule is Cc1c(C(=O)O)ccc(C(=O)CCN)c1N. The number of carbonyl (C=O) groups excluding carboxylic acids is 1. The molecule has 0 amide bonds. The Morgan fingerprint density at radius 3 is 2.38 bits per heavy atom. The van der Waals surface area contributed by atoms with Gasteiger partial charge in [0, 0.05) is 17.7 Å². The molecule has 0 radical (unpaired) electrons. The Labute approximate surface area is 93.1 Å². The number of nitrogens with two attached hydrogens (primary N) is 2. The van der Waals surface area contributed by atoms with Crippen molar-refractivity contribution >= 4 is 17.4 Å².